The Morgan fingerprint density at radius 2 is 2.27 bits per heavy atom. The monoisotopic (exact) mass is 222 g/mol. The summed E-state index contributed by atoms with van der Waals surface area (Å²) in [6.07, 6.45) is 4.66. The average Bonchev–Trinajstić information content (AvgIpc) is 2.17. The van der Waals surface area contributed by atoms with E-state index in [1.165, 1.54) is 18.7 Å². The molecule has 0 aromatic heterocycles. The van der Waals surface area contributed by atoms with Crippen LogP contribution in [0.25, 0.3) is 0 Å². The number of likely N-dealkylation sites (tertiary alicyclic amines) is 1. The molecule has 1 saturated heterocycles. The summed E-state index contributed by atoms with van der Waals surface area (Å²) in [5.41, 5.74) is 0. The summed E-state index contributed by atoms with van der Waals surface area (Å²) in [6, 6.07) is 0. The van der Waals surface area contributed by atoms with Crippen molar-refractivity contribution in [3.05, 3.63) is 0 Å². The van der Waals surface area contributed by atoms with Crippen molar-refractivity contribution in [3.8, 4) is 0 Å². The van der Waals surface area contributed by atoms with E-state index in [1.54, 1.807) is 0 Å². The number of hydrogen-bond acceptors (Lipinski definition) is 2. The summed E-state index contributed by atoms with van der Waals surface area (Å²) in [5, 5.41) is 0.0405. The molecule has 0 spiro atoms. The zero-order valence-electron chi connectivity index (χ0n) is 9.61. The van der Waals surface area contributed by atoms with Crippen LogP contribution >= 0.6 is 12.8 Å². The number of rotatable bonds is 0. The molecule has 2 fully saturated rings. The van der Waals surface area contributed by atoms with E-state index in [0.717, 1.165) is 25.3 Å². The molecule has 0 bridgehead atoms. The molecule has 0 aromatic rings. The Kier molecular flexibility index (Phi) is 3.06. The molecule has 0 aromatic carbocycles. The molecule has 82 valence electrons. The highest BCUT2D eigenvalue weighted by molar-refractivity contribution is 7.79. The molecule has 2 aliphatic rings. The van der Waals surface area contributed by atoms with Crippen molar-refractivity contribution < 1.29 is 0 Å². The van der Waals surface area contributed by atoms with Crippen molar-refractivity contribution in [2.45, 2.75) is 37.9 Å². The lowest BCUT2D eigenvalue weighted by Crippen LogP contribution is -2.46. The molecule has 15 heavy (non-hydrogen) atoms. The molecule has 2 nitrogen and oxygen atoms in total. The van der Waals surface area contributed by atoms with Gasteiger partial charge in [-0.25, -0.2) is 4.40 Å². The summed E-state index contributed by atoms with van der Waals surface area (Å²) < 4.78 is 4.16. The molecule has 1 aliphatic carbocycles. The Morgan fingerprint density at radius 1 is 1.53 bits per heavy atom. The quantitative estimate of drug-likeness (QED) is 0.491. The number of thiol groups is 1. The number of piperidine rings is 1. The van der Waals surface area contributed by atoms with Crippen LogP contribution in [0.3, 0.4) is 0 Å². The summed E-state index contributed by atoms with van der Waals surface area (Å²) in [5.74, 6) is 2.49. The highest BCUT2D eigenvalue weighted by atomic mass is 32.1. The van der Waals surface area contributed by atoms with E-state index >= 15 is 0 Å². The normalized spacial score (nSPS) is 44.2. The van der Waals surface area contributed by atoms with Gasteiger partial charge in [-0.3, -0.25) is 0 Å². The lowest BCUT2D eigenvalue weighted by Gasteiger charge is -2.46. The lowest BCUT2D eigenvalue weighted by atomic mass is 9.55. The van der Waals surface area contributed by atoms with Crippen molar-refractivity contribution in [1.29, 1.82) is 0 Å². The molecule has 4 heteroatoms. The fourth-order valence-corrected chi connectivity index (χ4v) is 3.42. The van der Waals surface area contributed by atoms with Crippen molar-refractivity contribution in [2.75, 3.05) is 13.6 Å². The van der Waals surface area contributed by atoms with Gasteiger partial charge in [-0.15, -0.1) is 0 Å². The minimum absolute atomic E-state index is 0.0405. The van der Waals surface area contributed by atoms with Gasteiger partial charge in [-0.05, 0) is 31.6 Å². The highest BCUT2D eigenvalue weighted by Gasteiger charge is 2.40. The van der Waals surface area contributed by atoms with E-state index in [1.807, 2.05) is 0 Å². The van der Waals surface area contributed by atoms with Crippen LogP contribution in [0.15, 0.2) is 4.40 Å². The Bertz CT molecular complexity index is 278. The van der Waals surface area contributed by atoms with Crippen LogP contribution < -0.4 is 0 Å². The maximum atomic E-state index is 6.23. The second kappa shape index (κ2) is 4.04. The van der Waals surface area contributed by atoms with Gasteiger partial charge in [0.25, 0.3) is 0 Å². The third-order valence-corrected chi connectivity index (χ3v) is 4.19. The molecule has 2 rings (SSSR count). The number of nitrogens with zero attached hydrogens (tertiary/aromatic N) is 2. The summed E-state index contributed by atoms with van der Waals surface area (Å²) >= 11 is 4.10. The third-order valence-electron chi connectivity index (χ3n) is 3.98. The van der Waals surface area contributed by atoms with Crippen molar-refractivity contribution in [1.82, 2.24) is 4.90 Å². The zero-order valence-corrected chi connectivity index (χ0v) is 10.5. The summed E-state index contributed by atoms with van der Waals surface area (Å²) in [4.78, 5) is 2.24. The van der Waals surface area contributed by atoms with E-state index in [-0.39, 0.29) is 5.31 Å². The first kappa shape index (κ1) is 11.4. The van der Waals surface area contributed by atoms with Crippen LogP contribution in [-0.4, -0.2) is 32.2 Å². The molecule has 1 saturated carbocycles. The van der Waals surface area contributed by atoms with E-state index in [4.69, 9.17) is 7.85 Å². The van der Waals surface area contributed by atoms with Gasteiger partial charge in [0, 0.05) is 19.5 Å². The van der Waals surface area contributed by atoms with Gasteiger partial charge >= 0.3 is 0 Å². The van der Waals surface area contributed by atoms with Crippen LogP contribution in [0.2, 0.25) is 5.31 Å². The maximum absolute atomic E-state index is 6.23. The Morgan fingerprint density at radius 3 is 2.93 bits per heavy atom. The lowest BCUT2D eigenvalue weighted by molar-refractivity contribution is 0.187. The maximum Gasteiger partial charge on any atom is 0.115 e. The SMILES string of the molecule is [B]C1(C)CCC2/C(=N/S)N(C)CCC2C1. The molecule has 3 unspecified atom stereocenters. The largest absolute Gasteiger partial charge is 0.362 e. The van der Waals surface area contributed by atoms with Gasteiger partial charge in [-0.1, -0.05) is 25.1 Å². The number of hydrogen-bond donors (Lipinski definition) is 1. The van der Waals surface area contributed by atoms with Gasteiger partial charge in [0.1, 0.15) is 5.84 Å². The number of amidine groups is 1. The smallest absolute Gasteiger partial charge is 0.115 e. The molecule has 1 heterocycles. The molecular weight excluding hydrogens is 203 g/mol. The second-order valence-electron chi connectivity index (χ2n) is 5.43. The first-order chi connectivity index (χ1) is 7.03. The standard InChI is InChI=1S/C11H19BN2S/c1-11(12)5-3-9-8(7-11)4-6-14(2)10(9)13-15/h8-9,15H,3-7H2,1-2H3/b13-10-. The van der Waals surface area contributed by atoms with E-state index in [9.17, 15) is 0 Å². The van der Waals surface area contributed by atoms with E-state index in [2.05, 4.69) is 36.1 Å². The number of fused-ring (bicyclic) bond motifs is 1. The topological polar surface area (TPSA) is 15.6 Å². The van der Waals surface area contributed by atoms with Crippen molar-refractivity contribution in [3.63, 3.8) is 0 Å². The third kappa shape index (κ3) is 2.20. The average molecular weight is 222 g/mol. The summed E-state index contributed by atoms with van der Waals surface area (Å²) in [6.45, 7) is 3.27. The fraction of sp³-hybridized carbons (Fsp3) is 0.909. The van der Waals surface area contributed by atoms with Crippen molar-refractivity contribution >= 4 is 26.5 Å². The first-order valence-corrected chi connectivity index (χ1v) is 6.15. The molecule has 1 aliphatic heterocycles. The molecule has 2 radical (unpaired) electrons. The molecule has 3 atom stereocenters. The van der Waals surface area contributed by atoms with Gasteiger partial charge in [0.2, 0.25) is 0 Å². The summed E-state index contributed by atoms with van der Waals surface area (Å²) in [7, 11) is 8.35. The minimum Gasteiger partial charge on any atom is -0.362 e. The predicted octanol–water partition coefficient (Wildman–Crippen LogP) is 2.33. The van der Waals surface area contributed by atoms with Gasteiger partial charge in [0.05, 0.1) is 7.85 Å². The Labute approximate surface area is 99.5 Å². The second-order valence-corrected chi connectivity index (χ2v) is 5.63. The predicted molar refractivity (Wildman–Crippen MR) is 68.6 cm³/mol. The highest BCUT2D eigenvalue weighted by Crippen LogP contribution is 2.48. The van der Waals surface area contributed by atoms with Crippen LogP contribution in [-0.2, 0) is 0 Å². The van der Waals surface area contributed by atoms with Crippen LogP contribution in [0.4, 0.5) is 0 Å². The van der Waals surface area contributed by atoms with E-state index < -0.39 is 0 Å². The Balaban J connectivity index is 2.15. The van der Waals surface area contributed by atoms with Crippen LogP contribution in [0, 0.1) is 11.8 Å². The van der Waals surface area contributed by atoms with Crippen LogP contribution in [0.5, 0.6) is 0 Å². The van der Waals surface area contributed by atoms with Crippen LogP contribution in [0.1, 0.15) is 32.6 Å². The van der Waals surface area contributed by atoms with Gasteiger partial charge < -0.3 is 4.90 Å². The van der Waals surface area contributed by atoms with Gasteiger partial charge in [0.15, 0.2) is 0 Å². The molecule has 0 amide bonds. The van der Waals surface area contributed by atoms with Gasteiger partial charge in [-0.2, -0.15) is 0 Å². The first-order valence-electron chi connectivity index (χ1n) is 5.75. The zero-order chi connectivity index (χ0) is 11.1. The Hall–Kier alpha value is -0.115. The van der Waals surface area contributed by atoms with Crippen molar-refractivity contribution in [2.24, 2.45) is 16.2 Å². The van der Waals surface area contributed by atoms with E-state index in [0.29, 0.717) is 5.92 Å². The molecule has 0 N–H and O–H groups in total. The fourth-order valence-electron chi connectivity index (χ4n) is 3.11. The molecular formula is C11H19BN2S. The minimum atomic E-state index is 0.0405.